The first kappa shape index (κ1) is 23.6. The number of carbonyl (C=O) groups excluding carboxylic acids is 2. The predicted molar refractivity (Wildman–Crippen MR) is 116 cm³/mol. The Morgan fingerprint density at radius 2 is 1.62 bits per heavy atom. The van der Waals surface area contributed by atoms with Gasteiger partial charge in [0.15, 0.2) is 0 Å². The lowest BCUT2D eigenvalue weighted by Crippen LogP contribution is -2.25. The standard InChI is InChI=1S/C22H25NO8S/c1-28-22(25)17-3-7-20(8-4-17)30-15-16-13-21(24)23(14-16)18-5-9-19(10-6-18)29-11-12-31-32(2,26)27/h3-10,16H,11-15H2,1-2H3. The summed E-state index contributed by atoms with van der Waals surface area (Å²) < 4.78 is 42.4. The maximum Gasteiger partial charge on any atom is 0.337 e. The number of ether oxygens (including phenoxy) is 3. The van der Waals surface area contributed by atoms with Gasteiger partial charge in [0.2, 0.25) is 5.91 Å². The minimum Gasteiger partial charge on any atom is -0.493 e. The number of esters is 1. The summed E-state index contributed by atoms with van der Waals surface area (Å²) in [6.45, 7) is 0.927. The highest BCUT2D eigenvalue weighted by Gasteiger charge is 2.31. The number of carbonyl (C=O) groups is 2. The molecule has 0 saturated carbocycles. The molecule has 0 radical (unpaired) electrons. The van der Waals surface area contributed by atoms with Crippen LogP contribution >= 0.6 is 0 Å². The van der Waals surface area contributed by atoms with E-state index in [1.54, 1.807) is 53.4 Å². The molecule has 1 amide bonds. The van der Waals surface area contributed by atoms with Crippen LogP contribution in [0.3, 0.4) is 0 Å². The maximum atomic E-state index is 12.5. The van der Waals surface area contributed by atoms with Gasteiger partial charge in [-0.3, -0.25) is 8.98 Å². The zero-order valence-corrected chi connectivity index (χ0v) is 18.7. The molecular weight excluding hydrogens is 438 g/mol. The van der Waals surface area contributed by atoms with Crippen LogP contribution in [0, 0.1) is 5.92 Å². The molecule has 2 aromatic carbocycles. The Hall–Kier alpha value is -3.11. The third kappa shape index (κ3) is 6.69. The van der Waals surface area contributed by atoms with E-state index in [1.165, 1.54) is 7.11 Å². The molecule has 3 rings (SSSR count). The van der Waals surface area contributed by atoms with Crippen molar-refractivity contribution in [1.29, 1.82) is 0 Å². The highest BCUT2D eigenvalue weighted by Crippen LogP contribution is 2.27. The number of anilines is 1. The molecule has 2 aromatic rings. The van der Waals surface area contributed by atoms with Crippen LogP contribution in [0.5, 0.6) is 11.5 Å². The molecule has 1 aliphatic heterocycles. The first-order chi connectivity index (χ1) is 15.2. The molecule has 0 spiro atoms. The van der Waals surface area contributed by atoms with E-state index in [0.29, 0.717) is 36.6 Å². The molecule has 1 aliphatic rings. The normalized spacial score (nSPS) is 16.1. The van der Waals surface area contributed by atoms with Gasteiger partial charge < -0.3 is 19.1 Å². The molecule has 32 heavy (non-hydrogen) atoms. The number of hydrogen-bond donors (Lipinski definition) is 0. The van der Waals surface area contributed by atoms with E-state index < -0.39 is 16.1 Å². The lowest BCUT2D eigenvalue weighted by Gasteiger charge is -2.17. The number of nitrogens with zero attached hydrogens (tertiary/aromatic N) is 1. The van der Waals surface area contributed by atoms with Crippen LogP contribution in [0.1, 0.15) is 16.8 Å². The molecule has 1 fully saturated rings. The molecule has 0 aliphatic carbocycles. The summed E-state index contributed by atoms with van der Waals surface area (Å²) in [5, 5.41) is 0. The molecule has 172 valence electrons. The van der Waals surface area contributed by atoms with Crippen molar-refractivity contribution in [2.75, 3.05) is 44.6 Å². The van der Waals surface area contributed by atoms with Crippen LogP contribution in [0.2, 0.25) is 0 Å². The van der Waals surface area contributed by atoms with E-state index in [9.17, 15) is 18.0 Å². The number of benzene rings is 2. The Labute approximate surface area is 187 Å². The van der Waals surface area contributed by atoms with E-state index in [4.69, 9.17) is 9.47 Å². The Balaban J connectivity index is 1.48. The second-order valence-corrected chi connectivity index (χ2v) is 8.91. The Morgan fingerprint density at radius 1 is 1.00 bits per heavy atom. The van der Waals surface area contributed by atoms with Gasteiger partial charge in [0.25, 0.3) is 10.1 Å². The zero-order chi connectivity index (χ0) is 23.1. The first-order valence-corrected chi connectivity index (χ1v) is 11.8. The Morgan fingerprint density at radius 3 is 2.25 bits per heavy atom. The molecule has 1 atom stereocenters. The third-order valence-electron chi connectivity index (χ3n) is 4.76. The smallest absolute Gasteiger partial charge is 0.337 e. The minimum absolute atomic E-state index is 0.00913. The topological polar surface area (TPSA) is 108 Å². The summed E-state index contributed by atoms with van der Waals surface area (Å²) in [6.07, 6.45) is 1.36. The Kier molecular flexibility index (Phi) is 7.70. The molecule has 0 bridgehead atoms. The fourth-order valence-electron chi connectivity index (χ4n) is 3.23. The van der Waals surface area contributed by atoms with Gasteiger partial charge in [-0.2, -0.15) is 8.42 Å². The number of amides is 1. The van der Waals surface area contributed by atoms with Gasteiger partial charge in [0, 0.05) is 24.6 Å². The molecular formula is C22H25NO8S. The van der Waals surface area contributed by atoms with Gasteiger partial charge in [-0.05, 0) is 48.5 Å². The summed E-state index contributed by atoms with van der Waals surface area (Å²) in [5.41, 5.74) is 1.19. The van der Waals surface area contributed by atoms with Crippen molar-refractivity contribution in [2.24, 2.45) is 5.92 Å². The van der Waals surface area contributed by atoms with Crippen LogP contribution < -0.4 is 14.4 Å². The van der Waals surface area contributed by atoms with Crippen molar-refractivity contribution in [3.63, 3.8) is 0 Å². The van der Waals surface area contributed by atoms with Crippen LogP contribution in [0.4, 0.5) is 5.69 Å². The largest absolute Gasteiger partial charge is 0.493 e. The fraction of sp³-hybridized carbons (Fsp3) is 0.364. The van der Waals surface area contributed by atoms with E-state index in [0.717, 1.165) is 11.9 Å². The van der Waals surface area contributed by atoms with E-state index in [2.05, 4.69) is 8.92 Å². The highest BCUT2D eigenvalue weighted by atomic mass is 32.2. The van der Waals surface area contributed by atoms with Gasteiger partial charge in [-0.15, -0.1) is 0 Å². The van der Waals surface area contributed by atoms with Crippen molar-refractivity contribution in [3.8, 4) is 11.5 Å². The van der Waals surface area contributed by atoms with E-state index in [1.807, 2.05) is 0 Å². The molecule has 0 aromatic heterocycles. The van der Waals surface area contributed by atoms with Crippen molar-refractivity contribution >= 4 is 27.7 Å². The first-order valence-electron chi connectivity index (χ1n) is 9.94. The second kappa shape index (κ2) is 10.5. The van der Waals surface area contributed by atoms with E-state index >= 15 is 0 Å². The average molecular weight is 464 g/mol. The quantitative estimate of drug-likeness (QED) is 0.300. The second-order valence-electron chi connectivity index (χ2n) is 7.27. The maximum absolute atomic E-state index is 12.5. The zero-order valence-electron chi connectivity index (χ0n) is 17.9. The van der Waals surface area contributed by atoms with Gasteiger partial charge in [-0.1, -0.05) is 0 Å². The number of hydrogen-bond acceptors (Lipinski definition) is 8. The lowest BCUT2D eigenvalue weighted by atomic mass is 10.1. The highest BCUT2D eigenvalue weighted by molar-refractivity contribution is 7.85. The summed E-state index contributed by atoms with van der Waals surface area (Å²) in [5.74, 6) is 0.798. The lowest BCUT2D eigenvalue weighted by molar-refractivity contribution is -0.117. The number of methoxy groups -OCH3 is 1. The fourth-order valence-corrected chi connectivity index (χ4v) is 3.60. The van der Waals surface area contributed by atoms with Crippen LogP contribution in [0.25, 0.3) is 0 Å². The Bertz CT molecular complexity index is 1030. The SMILES string of the molecule is COC(=O)c1ccc(OCC2CC(=O)N(c3ccc(OCCOS(C)(=O)=O)cc3)C2)cc1. The predicted octanol–water partition coefficient (Wildman–Crippen LogP) is 2.26. The van der Waals surface area contributed by atoms with Gasteiger partial charge in [-0.25, -0.2) is 4.79 Å². The van der Waals surface area contributed by atoms with Crippen molar-refractivity contribution in [2.45, 2.75) is 6.42 Å². The van der Waals surface area contributed by atoms with Gasteiger partial charge in [0.1, 0.15) is 24.7 Å². The molecule has 0 N–H and O–H groups in total. The third-order valence-corrected chi connectivity index (χ3v) is 5.36. The summed E-state index contributed by atoms with van der Waals surface area (Å²) in [4.78, 5) is 25.6. The summed E-state index contributed by atoms with van der Waals surface area (Å²) in [6, 6.07) is 13.6. The van der Waals surface area contributed by atoms with Crippen LogP contribution in [0.15, 0.2) is 48.5 Å². The average Bonchev–Trinajstić information content (AvgIpc) is 3.15. The van der Waals surface area contributed by atoms with Crippen molar-refractivity contribution in [1.82, 2.24) is 0 Å². The van der Waals surface area contributed by atoms with Crippen molar-refractivity contribution in [3.05, 3.63) is 54.1 Å². The van der Waals surface area contributed by atoms with Gasteiger partial charge >= 0.3 is 5.97 Å². The van der Waals surface area contributed by atoms with Crippen molar-refractivity contribution < 1.29 is 36.4 Å². The van der Waals surface area contributed by atoms with Crippen LogP contribution in [-0.2, 0) is 23.8 Å². The number of rotatable bonds is 10. The molecule has 10 heteroatoms. The molecule has 1 heterocycles. The summed E-state index contributed by atoms with van der Waals surface area (Å²) in [7, 11) is -2.16. The molecule has 9 nitrogen and oxygen atoms in total. The molecule has 1 unspecified atom stereocenters. The van der Waals surface area contributed by atoms with Gasteiger partial charge in [0.05, 0.1) is 25.5 Å². The monoisotopic (exact) mass is 463 g/mol. The summed E-state index contributed by atoms with van der Waals surface area (Å²) >= 11 is 0. The van der Waals surface area contributed by atoms with E-state index in [-0.39, 0.29) is 25.0 Å². The minimum atomic E-state index is -3.49. The van der Waals surface area contributed by atoms with Crippen LogP contribution in [-0.4, -0.2) is 60.0 Å². The molecule has 1 saturated heterocycles.